The summed E-state index contributed by atoms with van der Waals surface area (Å²) in [5.74, 6) is 7.10. The Morgan fingerprint density at radius 3 is 1.32 bits per heavy atom. The molecule has 2 saturated heterocycles. The summed E-state index contributed by atoms with van der Waals surface area (Å²) in [5.41, 5.74) is 4.35. The predicted octanol–water partition coefficient (Wildman–Crippen LogP) is 16.5. The van der Waals surface area contributed by atoms with Gasteiger partial charge in [-0.15, -0.1) is 0 Å². The molecule has 7 nitrogen and oxygen atoms in total. The fourth-order valence-electron chi connectivity index (χ4n) is 24.9. The molecule has 434 valence electrons. The van der Waals surface area contributed by atoms with Crippen LogP contribution in [0.5, 0.6) is 0 Å². The zero-order valence-electron chi connectivity index (χ0n) is 51.2. The molecule has 2 heterocycles. The Bertz CT molecular complexity index is 2250. The van der Waals surface area contributed by atoms with Crippen LogP contribution < -0.4 is 0 Å². The second-order valence-corrected chi connectivity index (χ2v) is 32.6. The van der Waals surface area contributed by atoms with E-state index in [9.17, 15) is 14.7 Å². The van der Waals surface area contributed by atoms with Gasteiger partial charge in [-0.05, 0) is 269 Å². The van der Waals surface area contributed by atoms with E-state index in [1.165, 1.54) is 121 Å². The minimum Gasteiger partial charge on any atom is -0.392 e. The van der Waals surface area contributed by atoms with Crippen molar-refractivity contribution in [3.05, 3.63) is 24.3 Å². The average molecular weight is 1070 g/mol. The summed E-state index contributed by atoms with van der Waals surface area (Å²) in [6.45, 7) is 39.8. The molecule has 0 aromatic heterocycles. The molecule has 10 aliphatic carbocycles. The Balaban J connectivity index is 0.000000164. The fraction of sp³-hybridized carbons (Fsp3) is 0.914. The summed E-state index contributed by atoms with van der Waals surface area (Å²) in [7, 11) is 0. The molecule has 20 atom stereocenters. The Hall–Kier alpha value is -1.38. The van der Waals surface area contributed by atoms with Gasteiger partial charge in [-0.3, -0.25) is 9.59 Å². The molecule has 1 N–H and O–H groups in total. The van der Waals surface area contributed by atoms with Crippen LogP contribution in [0.25, 0.3) is 0 Å². The van der Waals surface area contributed by atoms with Crippen LogP contribution in [0, 0.1) is 113 Å². The molecule has 12 fully saturated rings. The van der Waals surface area contributed by atoms with Crippen molar-refractivity contribution < 1.29 is 33.6 Å². The van der Waals surface area contributed by atoms with Crippen LogP contribution in [-0.2, 0) is 28.5 Å². The smallest absolute Gasteiger partial charge is 0.157 e. The second kappa shape index (κ2) is 20.2. The lowest BCUT2D eigenvalue weighted by Gasteiger charge is -2.72. The molecule has 2 unspecified atom stereocenters. The first kappa shape index (κ1) is 57.4. The van der Waals surface area contributed by atoms with Crippen molar-refractivity contribution in [1.82, 2.24) is 0 Å². The van der Waals surface area contributed by atoms with E-state index < -0.39 is 0 Å². The van der Waals surface area contributed by atoms with E-state index in [1.54, 1.807) is 0 Å². The number of aliphatic hydroxyl groups is 1. The van der Waals surface area contributed by atoms with Crippen molar-refractivity contribution in [2.45, 2.75) is 256 Å². The van der Waals surface area contributed by atoms with Gasteiger partial charge in [0.15, 0.2) is 12.6 Å². The van der Waals surface area contributed by atoms with Gasteiger partial charge in [0.2, 0.25) is 0 Å². The van der Waals surface area contributed by atoms with Crippen LogP contribution in [0.15, 0.2) is 24.3 Å². The third-order valence-corrected chi connectivity index (χ3v) is 29.5. The highest BCUT2D eigenvalue weighted by atomic mass is 16.7. The van der Waals surface area contributed by atoms with Gasteiger partial charge in [-0.25, -0.2) is 0 Å². The number of hydrogen-bond acceptors (Lipinski definition) is 7. The topological polar surface area (TPSA) is 91.3 Å². The molecular formula is C70H112O7. The van der Waals surface area contributed by atoms with Crippen molar-refractivity contribution in [2.24, 2.45) is 113 Å². The SMILES string of the molecule is C=C(C)[C@@H]1CC[C@]2(COC3CCCCO3)CC[C@]3(C)[C@H](CC[C@@H]4[C@@]5(C)CCC(=O)C(C)(C)[C@@H]5CC[C@]43C)[C@@H]12.C=C(CO)[C@@H]1CC[C@]2(COC3CCCCO3)CC[C@]3(C)[C@H](CC[C@@H]4[C@@]5(C)CCC(=O)C(C)(C)[C@@H]5CC[C@]43C)[C@@H]12. The van der Waals surface area contributed by atoms with Gasteiger partial charge in [0, 0.05) is 36.9 Å². The molecule has 10 saturated carbocycles. The van der Waals surface area contributed by atoms with Crippen molar-refractivity contribution in [3.63, 3.8) is 0 Å². The van der Waals surface area contributed by atoms with Crippen molar-refractivity contribution >= 4 is 11.6 Å². The summed E-state index contributed by atoms with van der Waals surface area (Å²) in [4.78, 5) is 26.1. The number of carbonyl (C=O) groups is 2. The third-order valence-electron chi connectivity index (χ3n) is 29.5. The van der Waals surface area contributed by atoms with E-state index in [4.69, 9.17) is 18.9 Å². The fourth-order valence-corrected chi connectivity index (χ4v) is 24.9. The lowest BCUT2D eigenvalue weighted by molar-refractivity contribution is -0.245. The van der Waals surface area contributed by atoms with Crippen LogP contribution in [0.3, 0.4) is 0 Å². The van der Waals surface area contributed by atoms with E-state index in [0.717, 1.165) is 95.2 Å². The summed E-state index contributed by atoms with van der Waals surface area (Å²) < 4.78 is 25.3. The Kier molecular flexibility index (Phi) is 15.0. The average Bonchev–Trinajstić information content (AvgIpc) is 4.20. The van der Waals surface area contributed by atoms with Gasteiger partial charge in [0.25, 0.3) is 0 Å². The Labute approximate surface area is 469 Å². The Morgan fingerprint density at radius 2 is 0.922 bits per heavy atom. The highest BCUT2D eigenvalue weighted by Crippen LogP contribution is 2.79. The first-order valence-electron chi connectivity index (χ1n) is 32.8. The standard InChI is InChI=1S/C35H56O4.C35H56O3/c1-23(21-36)24-12-17-35(22-39-29-9-7-8-20-38-29)19-18-33(5)25(30(24)35)10-11-27-32(4)15-14-28(37)31(2,3)26(32)13-16-34(27,33)6;1-23(2)24-13-18-35(22-38-29-10-8-9-21-37-29)20-19-33(6)25(30(24)35)11-12-27-32(5)16-15-28(36)31(3,4)26(32)14-17-34(27,33)7/h24-27,29-30,36H,1,7-22H2,2-6H3;24-27,29-30H,1,8-22H2,2-7H3/t2*24-,25+,26-,27+,29?,30+,32-,33+,34+,35+/m00/s1. The highest BCUT2D eigenvalue weighted by molar-refractivity contribution is 5.86. The Morgan fingerprint density at radius 1 is 0.494 bits per heavy atom. The molecule has 77 heavy (non-hydrogen) atoms. The maximum Gasteiger partial charge on any atom is 0.157 e. The van der Waals surface area contributed by atoms with Crippen molar-refractivity contribution in [3.8, 4) is 0 Å². The molecule has 0 spiro atoms. The van der Waals surface area contributed by atoms with Gasteiger partial charge in [0.05, 0.1) is 19.8 Å². The number of allylic oxidation sites excluding steroid dienone is 1. The number of ether oxygens (including phenoxy) is 4. The number of ketones is 2. The molecule has 0 aromatic rings. The molecular weight excluding hydrogens is 953 g/mol. The van der Waals surface area contributed by atoms with Crippen LogP contribution in [0.4, 0.5) is 0 Å². The maximum atomic E-state index is 13.1. The molecule has 0 bridgehead atoms. The first-order chi connectivity index (χ1) is 36.3. The van der Waals surface area contributed by atoms with E-state index >= 15 is 0 Å². The zero-order chi connectivity index (χ0) is 55.0. The van der Waals surface area contributed by atoms with Gasteiger partial charge in [0.1, 0.15) is 11.6 Å². The van der Waals surface area contributed by atoms with Gasteiger partial charge in [-0.2, -0.15) is 0 Å². The molecule has 12 rings (SSSR count). The third kappa shape index (κ3) is 8.54. The zero-order valence-corrected chi connectivity index (χ0v) is 51.2. The number of aliphatic hydroxyl groups excluding tert-OH is 1. The van der Waals surface area contributed by atoms with E-state index in [0.29, 0.717) is 69.7 Å². The van der Waals surface area contributed by atoms with Crippen molar-refractivity contribution in [2.75, 3.05) is 33.0 Å². The highest BCUT2D eigenvalue weighted by Gasteiger charge is 2.73. The largest absolute Gasteiger partial charge is 0.392 e. The lowest BCUT2D eigenvalue weighted by Crippen LogP contribution is -2.66. The predicted molar refractivity (Wildman–Crippen MR) is 308 cm³/mol. The lowest BCUT2D eigenvalue weighted by atomic mass is 9.32. The van der Waals surface area contributed by atoms with Crippen LogP contribution in [0.1, 0.15) is 243 Å². The minimum absolute atomic E-state index is 0.0109. The molecule has 0 amide bonds. The molecule has 0 radical (unpaired) electrons. The normalized spacial score (nSPS) is 51.4. The van der Waals surface area contributed by atoms with Crippen LogP contribution in [0.2, 0.25) is 0 Å². The van der Waals surface area contributed by atoms with Crippen LogP contribution >= 0.6 is 0 Å². The second-order valence-electron chi connectivity index (χ2n) is 32.6. The molecule has 2 aliphatic heterocycles. The van der Waals surface area contributed by atoms with Gasteiger partial charge < -0.3 is 24.1 Å². The number of rotatable bonds is 9. The number of hydrogen-bond donors (Lipinski definition) is 1. The monoisotopic (exact) mass is 1060 g/mol. The first-order valence-corrected chi connectivity index (χ1v) is 32.8. The molecule has 7 heteroatoms. The number of Topliss-reactive ketones (excluding diaryl/α,β-unsaturated/α-hetero) is 2. The summed E-state index contributed by atoms with van der Waals surface area (Å²) in [6.07, 6.45) is 30.8. The van der Waals surface area contributed by atoms with Crippen LogP contribution in [-0.4, -0.2) is 62.3 Å². The van der Waals surface area contributed by atoms with Gasteiger partial charge >= 0.3 is 0 Å². The quantitative estimate of drug-likeness (QED) is 0.230. The van der Waals surface area contributed by atoms with E-state index in [1.807, 2.05) is 0 Å². The summed E-state index contributed by atoms with van der Waals surface area (Å²) in [6, 6.07) is 0. The number of carbonyl (C=O) groups excluding carboxylic acids is 2. The summed E-state index contributed by atoms with van der Waals surface area (Å²) in [5, 5.41) is 10.3. The minimum atomic E-state index is -0.193. The molecule has 0 aromatic carbocycles. The number of fused-ring (bicyclic) bond motifs is 14. The van der Waals surface area contributed by atoms with E-state index in [2.05, 4.69) is 89.3 Å². The molecule has 12 aliphatic rings. The van der Waals surface area contributed by atoms with Gasteiger partial charge in [-0.1, -0.05) is 88.0 Å². The summed E-state index contributed by atoms with van der Waals surface area (Å²) >= 11 is 0. The van der Waals surface area contributed by atoms with E-state index in [-0.39, 0.29) is 62.5 Å². The van der Waals surface area contributed by atoms with Crippen molar-refractivity contribution in [1.29, 1.82) is 0 Å². The maximum absolute atomic E-state index is 13.1.